The molecule has 3 heterocycles. The second-order valence-corrected chi connectivity index (χ2v) is 14.8. The number of benzene rings is 2. The van der Waals surface area contributed by atoms with Crippen molar-refractivity contribution in [2.24, 2.45) is 0 Å². The summed E-state index contributed by atoms with van der Waals surface area (Å²) in [5, 5.41) is 15.8. The lowest BCUT2D eigenvalue weighted by Gasteiger charge is -2.28. The van der Waals surface area contributed by atoms with Gasteiger partial charge in [-0.25, -0.2) is 24.4 Å². The molecule has 5 rings (SSSR count). The molecule has 0 saturated carbocycles. The Morgan fingerprint density at radius 2 is 1.93 bits per heavy atom. The van der Waals surface area contributed by atoms with Crippen molar-refractivity contribution in [1.82, 2.24) is 24.6 Å². The fraction of sp³-hybridized carbons (Fsp3) is 0.467. The number of halogens is 1. The van der Waals surface area contributed by atoms with E-state index in [1.54, 1.807) is 38.7 Å². The number of anilines is 1. The van der Waals surface area contributed by atoms with E-state index in [-0.39, 0.29) is 12.7 Å². The maximum atomic E-state index is 16.3. The summed E-state index contributed by atoms with van der Waals surface area (Å²) < 4.78 is 41.6. The predicted molar refractivity (Wildman–Crippen MR) is 172 cm³/mol. The zero-order chi connectivity index (χ0) is 32.7. The molecule has 2 N–H and O–H groups in total. The van der Waals surface area contributed by atoms with Crippen molar-refractivity contribution in [3.05, 3.63) is 54.6 Å². The summed E-state index contributed by atoms with van der Waals surface area (Å²) in [5.41, 5.74) is -1.44. The van der Waals surface area contributed by atoms with Gasteiger partial charge in [0.25, 0.3) is 0 Å². The highest BCUT2D eigenvalue weighted by molar-refractivity contribution is 8.09. The Morgan fingerprint density at radius 3 is 2.64 bits per heavy atom. The van der Waals surface area contributed by atoms with Crippen LogP contribution in [-0.4, -0.2) is 81.3 Å². The van der Waals surface area contributed by atoms with E-state index in [0.29, 0.717) is 28.6 Å². The number of aromatic nitrogens is 4. The highest BCUT2D eigenvalue weighted by atomic mass is 32.5. The molecule has 1 aliphatic rings. The smallest absolute Gasteiger partial charge is 0.323 e. The first kappa shape index (κ1) is 33.1. The van der Waals surface area contributed by atoms with Gasteiger partial charge in [0.05, 0.1) is 19.0 Å². The first-order valence-corrected chi connectivity index (χ1v) is 17.1. The van der Waals surface area contributed by atoms with Gasteiger partial charge in [0.15, 0.2) is 28.9 Å². The van der Waals surface area contributed by atoms with E-state index < -0.39 is 42.8 Å². The zero-order valence-electron chi connectivity index (χ0n) is 26.2. The van der Waals surface area contributed by atoms with Crippen LogP contribution in [0.4, 0.5) is 10.2 Å². The molecule has 15 heteroatoms. The van der Waals surface area contributed by atoms with Crippen LogP contribution < -0.4 is 14.5 Å². The first-order chi connectivity index (χ1) is 21.2. The normalized spacial score (nSPS) is 23.7. The number of hydrogen-bond acceptors (Lipinski definition) is 11. The van der Waals surface area contributed by atoms with Gasteiger partial charge in [0.2, 0.25) is 0 Å². The second-order valence-electron chi connectivity index (χ2n) is 11.6. The highest BCUT2D eigenvalue weighted by Gasteiger charge is 2.56. The van der Waals surface area contributed by atoms with Crippen LogP contribution in [0.25, 0.3) is 21.9 Å². The summed E-state index contributed by atoms with van der Waals surface area (Å²) in [4.78, 5) is 27.8. The van der Waals surface area contributed by atoms with Crippen LogP contribution in [0.2, 0.25) is 0 Å². The number of ether oxygens (including phenoxy) is 2. The van der Waals surface area contributed by atoms with Gasteiger partial charge in [-0.05, 0) is 57.9 Å². The lowest BCUT2D eigenvalue weighted by Crippen LogP contribution is -2.41. The predicted octanol–water partition coefficient (Wildman–Crippen LogP) is 4.59. The molecule has 0 spiro atoms. The number of hydrogen-bond donors (Lipinski definition) is 2. The molecule has 0 unspecified atom stereocenters. The van der Waals surface area contributed by atoms with Gasteiger partial charge in [-0.1, -0.05) is 36.4 Å². The van der Waals surface area contributed by atoms with E-state index >= 15 is 4.39 Å². The van der Waals surface area contributed by atoms with E-state index in [1.807, 2.05) is 50.5 Å². The third-order valence-corrected chi connectivity index (χ3v) is 9.83. The average molecular weight is 661 g/mol. The number of esters is 1. The highest BCUT2D eigenvalue weighted by Crippen LogP contribution is 2.49. The largest absolute Gasteiger partial charge is 0.462 e. The van der Waals surface area contributed by atoms with Crippen LogP contribution in [0.1, 0.15) is 39.7 Å². The Hall–Kier alpha value is -3.26. The second kappa shape index (κ2) is 12.9. The summed E-state index contributed by atoms with van der Waals surface area (Å²) in [6.45, 7) is 4.17. The fourth-order valence-electron chi connectivity index (χ4n) is 5.13. The number of rotatable bonds is 11. The molecule has 6 atom stereocenters. The molecule has 12 nitrogen and oxygen atoms in total. The van der Waals surface area contributed by atoms with Crippen LogP contribution >= 0.6 is 6.64 Å². The minimum absolute atomic E-state index is 0.345. The van der Waals surface area contributed by atoms with Gasteiger partial charge >= 0.3 is 12.6 Å². The van der Waals surface area contributed by atoms with Crippen molar-refractivity contribution < 1.29 is 32.8 Å². The summed E-state index contributed by atoms with van der Waals surface area (Å²) in [6, 6.07) is 12.2. The monoisotopic (exact) mass is 660 g/mol. The van der Waals surface area contributed by atoms with Gasteiger partial charge in [0, 0.05) is 19.5 Å². The van der Waals surface area contributed by atoms with Crippen LogP contribution in [-0.2, 0) is 30.6 Å². The molecule has 1 aliphatic heterocycles. The maximum absolute atomic E-state index is 16.3. The van der Waals surface area contributed by atoms with E-state index in [4.69, 9.17) is 30.3 Å². The summed E-state index contributed by atoms with van der Waals surface area (Å²) in [5.74, 6) is 0.928. The number of aliphatic hydroxyl groups is 1. The number of fused-ring (bicyclic) bond motifs is 2. The number of imidazole rings is 1. The molecule has 2 aromatic heterocycles. The van der Waals surface area contributed by atoms with Crippen molar-refractivity contribution in [3.63, 3.8) is 0 Å². The van der Waals surface area contributed by atoms with Crippen molar-refractivity contribution >= 4 is 52.2 Å². The molecule has 0 aliphatic carbocycles. The standard InChI is InChI=1S/C30H38FN6O6PS/c1-17(2)41-28(39)18(3)35-44(45,43-22-14-10-12-20-11-8-9-13-21(20)22)40-15-23-25(38)30(5,31)29(42-23)37-16-32-24-26(36(6)7)33-19(4)34-27(24)37/h8-14,16-18,23,25,29,38H,15H2,1-7H3,(H,35,45)/t18-,23-,25-,29-,30-,44+/m1/s1. The SMILES string of the molecule is Cc1nc(N(C)C)c2ncn([C@@H]3O[C@H](CO[P@@](=S)(N[C@H](C)C(=O)OC(C)C)Oc4cccc5ccccc45)[C@@H](O)[C@@]3(C)F)c2n1. The van der Waals surface area contributed by atoms with Crippen LogP contribution in [0.3, 0.4) is 0 Å². The molecule has 2 aromatic carbocycles. The third kappa shape index (κ3) is 6.81. The number of nitrogens with one attached hydrogen (secondary N) is 1. The van der Waals surface area contributed by atoms with Crippen molar-refractivity contribution in [1.29, 1.82) is 0 Å². The summed E-state index contributed by atoms with van der Waals surface area (Å²) in [7, 11) is 3.65. The number of alkyl halides is 1. The molecular formula is C30H38FN6O6PS. The Kier molecular flexibility index (Phi) is 9.46. The van der Waals surface area contributed by atoms with Gasteiger partial charge < -0.3 is 28.5 Å². The molecular weight excluding hydrogens is 622 g/mol. The molecule has 4 aromatic rings. The number of nitrogens with zero attached hydrogens (tertiary/aromatic N) is 5. The number of carbonyl (C=O) groups is 1. The fourth-order valence-corrected chi connectivity index (χ4v) is 7.55. The van der Waals surface area contributed by atoms with Gasteiger partial charge in [-0.3, -0.25) is 9.36 Å². The molecule has 0 radical (unpaired) electrons. The lowest BCUT2D eigenvalue weighted by atomic mass is 9.98. The maximum Gasteiger partial charge on any atom is 0.323 e. The van der Waals surface area contributed by atoms with E-state index in [1.165, 1.54) is 17.8 Å². The molecule has 242 valence electrons. The van der Waals surface area contributed by atoms with Gasteiger partial charge in [-0.15, -0.1) is 0 Å². The molecule has 0 bridgehead atoms. The minimum Gasteiger partial charge on any atom is -0.462 e. The van der Waals surface area contributed by atoms with Crippen LogP contribution in [0.15, 0.2) is 48.8 Å². The van der Waals surface area contributed by atoms with E-state index in [9.17, 15) is 9.90 Å². The Balaban J connectivity index is 1.42. The van der Waals surface area contributed by atoms with Gasteiger partial charge in [-0.2, -0.15) is 0 Å². The van der Waals surface area contributed by atoms with Crippen molar-refractivity contribution in [3.8, 4) is 5.75 Å². The molecule has 1 fully saturated rings. The third-order valence-electron chi connectivity index (χ3n) is 7.34. The Bertz CT molecular complexity index is 1750. The zero-order valence-corrected chi connectivity index (χ0v) is 27.9. The summed E-state index contributed by atoms with van der Waals surface area (Å²) >= 11 is 5.89. The van der Waals surface area contributed by atoms with E-state index in [2.05, 4.69) is 20.0 Å². The minimum atomic E-state index is -3.54. The van der Waals surface area contributed by atoms with Crippen LogP contribution in [0, 0.1) is 6.92 Å². The van der Waals surface area contributed by atoms with E-state index in [0.717, 1.165) is 10.8 Å². The Morgan fingerprint density at radius 1 is 1.22 bits per heavy atom. The lowest BCUT2D eigenvalue weighted by molar-refractivity contribution is -0.149. The number of carbonyl (C=O) groups excluding carboxylic acids is 1. The van der Waals surface area contributed by atoms with Crippen molar-refractivity contribution in [2.45, 2.75) is 70.9 Å². The van der Waals surface area contributed by atoms with Crippen molar-refractivity contribution in [2.75, 3.05) is 25.6 Å². The van der Waals surface area contributed by atoms with Gasteiger partial charge in [0.1, 0.15) is 29.8 Å². The number of aryl methyl sites for hydroxylation is 1. The van der Waals surface area contributed by atoms with Crippen LogP contribution in [0.5, 0.6) is 5.75 Å². The quantitative estimate of drug-likeness (QED) is 0.172. The topological polar surface area (TPSA) is 133 Å². The first-order valence-electron chi connectivity index (χ1n) is 14.5. The summed E-state index contributed by atoms with van der Waals surface area (Å²) in [6.07, 6.45) is -2.98. The molecule has 0 amide bonds. The molecule has 45 heavy (non-hydrogen) atoms. The average Bonchev–Trinajstić information content (AvgIpc) is 3.48. The Labute approximate surface area is 266 Å². The number of aliphatic hydroxyl groups excluding tert-OH is 1. The molecule has 1 saturated heterocycles.